The van der Waals surface area contributed by atoms with Gasteiger partial charge in [-0.15, -0.1) is 0 Å². The van der Waals surface area contributed by atoms with Crippen molar-refractivity contribution in [3.05, 3.63) is 23.9 Å². The highest BCUT2D eigenvalue weighted by Crippen LogP contribution is 2.22. The highest BCUT2D eigenvalue weighted by molar-refractivity contribution is 6.09. The molecule has 6 heteroatoms. The third-order valence-corrected chi connectivity index (χ3v) is 2.35. The van der Waals surface area contributed by atoms with Crippen molar-refractivity contribution in [2.45, 2.75) is 59.7 Å². The fraction of sp³-hybridized carbons (Fsp3) is 0.562. The number of imide groups is 1. The van der Waals surface area contributed by atoms with Crippen LogP contribution < -0.4 is 4.90 Å². The highest BCUT2D eigenvalue weighted by Gasteiger charge is 2.34. The standard InChI is InChI=1S/C16H24N2O4/c1-11-9-8-10-17-12(11)18(13(19)21-15(2,3)4)14(20)22-16(5,6)7/h8-10H,1-7H3. The number of ether oxygens (including phenoxy) is 2. The maximum Gasteiger partial charge on any atom is 0.425 e. The summed E-state index contributed by atoms with van der Waals surface area (Å²) in [6.07, 6.45) is -0.128. The molecule has 0 bridgehead atoms. The van der Waals surface area contributed by atoms with E-state index in [0.29, 0.717) is 5.56 Å². The first-order chi connectivity index (χ1) is 9.91. The molecule has 0 saturated carbocycles. The topological polar surface area (TPSA) is 68.7 Å². The van der Waals surface area contributed by atoms with Gasteiger partial charge in [-0.25, -0.2) is 14.6 Å². The van der Waals surface area contributed by atoms with Gasteiger partial charge in [-0.05, 0) is 60.1 Å². The summed E-state index contributed by atoms with van der Waals surface area (Å²) in [5, 5.41) is 0. The molecule has 0 atom stereocenters. The number of amides is 2. The number of nitrogens with zero attached hydrogens (tertiary/aromatic N) is 2. The Balaban J connectivity index is 3.19. The average Bonchev–Trinajstić information content (AvgIpc) is 2.27. The third-order valence-electron chi connectivity index (χ3n) is 2.35. The number of pyridine rings is 1. The summed E-state index contributed by atoms with van der Waals surface area (Å²) in [5.74, 6) is 0.200. The molecule has 0 aliphatic rings. The van der Waals surface area contributed by atoms with E-state index < -0.39 is 23.4 Å². The molecule has 0 spiro atoms. The van der Waals surface area contributed by atoms with Crippen molar-refractivity contribution in [1.82, 2.24) is 4.98 Å². The number of hydrogen-bond acceptors (Lipinski definition) is 5. The first-order valence-electron chi connectivity index (χ1n) is 7.08. The molecule has 0 aliphatic heterocycles. The average molecular weight is 308 g/mol. The molecule has 0 unspecified atom stereocenters. The van der Waals surface area contributed by atoms with Crippen LogP contribution in [0.25, 0.3) is 0 Å². The zero-order valence-electron chi connectivity index (χ0n) is 14.3. The van der Waals surface area contributed by atoms with Gasteiger partial charge in [0.2, 0.25) is 0 Å². The van der Waals surface area contributed by atoms with Crippen LogP contribution in [-0.4, -0.2) is 28.4 Å². The minimum Gasteiger partial charge on any atom is -0.443 e. The summed E-state index contributed by atoms with van der Waals surface area (Å²) >= 11 is 0. The van der Waals surface area contributed by atoms with Crippen molar-refractivity contribution in [1.29, 1.82) is 0 Å². The minimum absolute atomic E-state index is 0.200. The van der Waals surface area contributed by atoms with E-state index in [1.165, 1.54) is 6.20 Å². The molecule has 1 rings (SSSR count). The van der Waals surface area contributed by atoms with E-state index in [1.54, 1.807) is 60.6 Å². The Morgan fingerprint density at radius 3 is 1.82 bits per heavy atom. The van der Waals surface area contributed by atoms with Gasteiger partial charge in [0.15, 0.2) is 5.82 Å². The number of carbonyl (C=O) groups excluding carboxylic acids is 2. The largest absolute Gasteiger partial charge is 0.443 e. The number of carbonyl (C=O) groups is 2. The van der Waals surface area contributed by atoms with E-state index in [2.05, 4.69) is 4.98 Å². The number of anilines is 1. The first-order valence-corrected chi connectivity index (χ1v) is 7.08. The fourth-order valence-corrected chi connectivity index (χ4v) is 1.57. The molecule has 6 nitrogen and oxygen atoms in total. The maximum absolute atomic E-state index is 12.4. The van der Waals surface area contributed by atoms with Gasteiger partial charge in [0.05, 0.1) is 0 Å². The van der Waals surface area contributed by atoms with Gasteiger partial charge in [0, 0.05) is 6.20 Å². The van der Waals surface area contributed by atoms with E-state index in [0.717, 1.165) is 4.90 Å². The van der Waals surface area contributed by atoms with Crippen LogP contribution in [0.1, 0.15) is 47.1 Å². The summed E-state index contributed by atoms with van der Waals surface area (Å²) in [6, 6.07) is 3.48. The SMILES string of the molecule is Cc1cccnc1N(C(=O)OC(C)(C)C)C(=O)OC(C)(C)C. The molecule has 122 valence electrons. The second-order valence-electron chi connectivity index (χ2n) is 6.94. The van der Waals surface area contributed by atoms with Gasteiger partial charge in [0.1, 0.15) is 11.2 Å². The lowest BCUT2D eigenvalue weighted by atomic mass is 10.2. The van der Waals surface area contributed by atoms with Gasteiger partial charge in [-0.2, -0.15) is 4.90 Å². The molecule has 22 heavy (non-hydrogen) atoms. The number of aromatic nitrogens is 1. The van der Waals surface area contributed by atoms with Crippen molar-refractivity contribution >= 4 is 18.0 Å². The molecule has 0 aliphatic carbocycles. The summed E-state index contributed by atoms with van der Waals surface area (Å²) < 4.78 is 10.6. The Labute approximate surface area is 131 Å². The normalized spacial score (nSPS) is 11.8. The van der Waals surface area contributed by atoms with Crippen LogP contribution in [0.4, 0.5) is 15.4 Å². The smallest absolute Gasteiger partial charge is 0.425 e. The van der Waals surface area contributed by atoms with Crippen molar-refractivity contribution in [2.24, 2.45) is 0 Å². The fourth-order valence-electron chi connectivity index (χ4n) is 1.57. The van der Waals surface area contributed by atoms with E-state index >= 15 is 0 Å². The number of aryl methyl sites for hydroxylation is 1. The van der Waals surface area contributed by atoms with Gasteiger partial charge in [0.25, 0.3) is 0 Å². The summed E-state index contributed by atoms with van der Waals surface area (Å²) in [7, 11) is 0. The van der Waals surface area contributed by atoms with Gasteiger partial charge in [-0.1, -0.05) is 6.07 Å². The van der Waals surface area contributed by atoms with Crippen molar-refractivity contribution < 1.29 is 19.1 Å². The molecule has 0 saturated heterocycles. The molecule has 1 aromatic rings. The lowest BCUT2D eigenvalue weighted by Gasteiger charge is -2.28. The van der Waals surface area contributed by atoms with Crippen molar-refractivity contribution in [3.8, 4) is 0 Å². The van der Waals surface area contributed by atoms with Gasteiger partial charge < -0.3 is 9.47 Å². The molecular weight excluding hydrogens is 284 g/mol. The molecule has 2 amide bonds. The molecule has 1 heterocycles. The van der Waals surface area contributed by atoms with Crippen LogP contribution in [0.5, 0.6) is 0 Å². The molecule has 0 radical (unpaired) electrons. The number of hydrogen-bond donors (Lipinski definition) is 0. The molecule has 0 N–H and O–H groups in total. The summed E-state index contributed by atoms with van der Waals surface area (Å²) in [5.41, 5.74) is -0.806. The van der Waals surface area contributed by atoms with Crippen LogP contribution >= 0.6 is 0 Å². The van der Waals surface area contributed by atoms with Crippen LogP contribution in [0.15, 0.2) is 18.3 Å². The summed E-state index contributed by atoms with van der Waals surface area (Å²) in [4.78, 5) is 29.7. The summed E-state index contributed by atoms with van der Waals surface area (Å²) in [6.45, 7) is 12.1. The van der Waals surface area contributed by atoms with E-state index in [9.17, 15) is 9.59 Å². The first kappa shape index (κ1) is 17.9. The Kier molecular flexibility index (Phi) is 5.17. The van der Waals surface area contributed by atoms with E-state index in [1.807, 2.05) is 0 Å². The van der Waals surface area contributed by atoms with Crippen molar-refractivity contribution in [2.75, 3.05) is 4.90 Å². The Morgan fingerprint density at radius 2 is 1.45 bits per heavy atom. The molecule has 0 aromatic carbocycles. The van der Waals surface area contributed by atoms with Crippen LogP contribution in [-0.2, 0) is 9.47 Å². The second-order valence-corrected chi connectivity index (χ2v) is 6.94. The van der Waals surface area contributed by atoms with Crippen LogP contribution in [0.3, 0.4) is 0 Å². The molecular formula is C16H24N2O4. The van der Waals surface area contributed by atoms with Gasteiger partial charge >= 0.3 is 12.2 Å². The Bertz CT molecular complexity index is 528. The zero-order chi connectivity index (χ0) is 17.1. The molecule has 1 aromatic heterocycles. The predicted molar refractivity (Wildman–Crippen MR) is 83.9 cm³/mol. The van der Waals surface area contributed by atoms with E-state index in [-0.39, 0.29) is 5.82 Å². The highest BCUT2D eigenvalue weighted by atomic mass is 16.6. The van der Waals surface area contributed by atoms with Crippen LogP contribution in [0, 0.1) is 6.92 Å². The van der Waals surface area contributed by atoms with E-state index in [4.69, 9.17) is 9.47 Å². The van der Waals surface area contributed by atoms with Crippen LogP contribution in [0.2, 0.25) is 0 Å². The number of rotatable bonds is 1. The van der Waals surface area contributed by atoms with Crippen molar-refractivity contribution in [3.63, 3.8) is 0 Å². The predicted octanol–water partition coefficient (Wildman–Crippen LogP) is 4.07. The second kappa shape index (κ2) is 6.34. The maximum atomic E-state index is 12.4. The third kappa shape index (κ3) is 5.35. The van der Waals surface area contributed by atoms with Gasteiger partial charge in [-0.3, -0.25) is 0 Å². The molecule has 0 fully saturated rings. The minimum atomic E-state index is -0.816. The Morgan fingerprint density at radius 1 is 1.00 bits per heavy atom. The lowest BCUT2D eigenvalue weighted by molar-refractivity contribution is 0.0428. The monoisotopic (exact) mass is 308 g/mol. The lowest BCUT2D eigenvalue weighted by Crippen LogP contribution is -2.44. The zero-order valence-corrected chi connectivity index (χ0v) is 14.3. The Hall–Kier alpha value is -2.11. The quantitative estimate of drug-likeness (QED) is 0.782.